The molecule has 8 heteroatoms. The third kappa shape index (κ3) is 4.16. The normalized spacial score (nSPS) is 23.9. The molecule has 0 bridgehead atoms. The Labute approximate surface area is 187 Å². The number of likely N-dealkylation sites (tertiary alicyclic amines) is 1. The third-order valence-electron chi connectivity index (χ3n) is 6.57. The van der Waals surface area contributed by atoms with Crippen LogP contribution >= 0.6 is 11.3 Å². The predicted molar refractivity (Wildman–Crippen MR) is 120 cm³/mol. The first-order valence-corrected chi connectivity index (χ1v) is 12.0. The molecule has 0 N–H and O–H groups in total. The highest BCUT2D eigenvalue weighted by Crippen LogP contribution is 2.46. The van der Waals surface area contributed by atoms with Crippen LogP contribution in [0.3, 0.4) is 0 Å². The van der Waals surface area contributed by atoms with Gasteiger partial charge in [0.25, 0.3) is 0 Å². The number of rotatable bonds is 5. The van der Waals surface area contributed by atoms with E-state index in [-0.39, 0.29) is 5.60 Å². The Morgan fingerprint density at radius 1 is 1.23 bits per heavy atom. The molecule has 1 saturated heterocycles. The molecule has 3 aromatic rings. The highest BCUT2D eigenvalue weighted by atomic mass is 32.1. The van der Waals surface area contributed by atoms with Crippen molar-refractivity contribution in [3.8, 4) is 0 Å². The van der Waals surface area contributed by atoms with Crippen molar-refractivity contribution in [2.24, 2.45) is 0 Å². The van der Waals surface area contributed by atoms with Gasteiger partial charge in [0.1, 0.15) is 0 Å². The lowest BCUT2D eigenvalue weighted by Crippen LogP contribution is -2.50. The van der Waals surface area contributed by atoms with Crippen LogP contribution in [0.15, 0.2) is 24.7 Å². The second-order valence-corrected chi connectivity index (χ2v) is 10.0. The van der Waals surface area contributed by atoms with Crippen LogP contribution in [-0.4, -0.2) is 49.1 Å². The maximum Gasteiger partial charge on any atom is 0.0969 e. The van der Waals surface area contributed by atoms with E-state index < -0.39 is 0 Å². The van der Waals surface area contributed by atoms with Crippen molar-refractivity contribution in [3.63, 3.8) is 0 Å². The first-order valence-electron chi connectivity index (χ1n) is 11.2. The molecule has 0 aromatic carbocycles. The number of aromatic nitrogens is 5. The van der Waals surface area contributed by atoms with Crippen molar-refractivity contribution in [2.75, 3.05) is 13.2 Å². The highest BCUT2D eigenvalue weighted by Gasteiger charge is 2.44. The van der Waals surface area contributed by atoms with Crippen molar-refractivity contribution in [1.82, 2.24) is 29.9 Å². The van der Waals surface area contributed by atoms with Gasteiger partial charge in [-0.15, -0.1) is 16.4 Å². The Kier molecular flexibility index (Phi) is 5.62. The van der Waals surface area contributed by atoms with E-state index in [0.717, 1.165) is 62.5 Å². The fourth-order valence-electron chi connectivity index (χ4n) is 4.87. The van der Waals surface area contributed by atoms with Crippen LogP contribution in [0.25, 0.3) is 0 Å². The molecule has 2 aliphatic heterocycles. The van der Waals surface area contributed by atoms with E-state index in [4.69, 9.17) is 4.74 Å². The van der Waals surface area contributed by atoms with E-state index in [1.807, 2.05) is 29.1 Å². The second-order valence-electron chi connectivity index (χ2n) is 8.83. The summed E-state index contributed by atoms with van der Waals surface area (Å²) in [5.74, 6) is 0. The van der Waals surface area contributed by atoms with Gasteiger partial charge in [0.15, 0.2) is 0 Å². The molecular formula is C23H30N6OS. The van der Waals surface area contributed by atoms with Crippen LogP contribution in [-0.2, 0) is 36.3 Å². The van der Waals surface area contributed by atoms with E-state index in [0.29, 0.717) is 12.6 Å². The topological polar surface area (TPSA) is 69.0 Å². The van der Waals surface area contributed by atoms with Gasteiger partial charge in [-0.25, -0.2) is 4.68 Å². The number of piperidine rings is 1. The molecule has 0 unspecified atom stereocenters. The van der Waals surface area contributed by atoms with Crippen molar-refractivity contribution in [2.45, 2.75) is 71.2 Å². The molecule has 3 aromatic heterocycles. The van der Waals surface area contributed by atoms with Crippen molar-refractivity contribution >= 4 is 11.3 Å². The van der Waals surface area contributed by atoms with Gasteiger partial charge in [-0.05, 0) is 44.7 Å². The Balaban J connectivity index is 1.25. The average molecular weight is 439 g/mol. The predicted octanol–water partition coefficient (Wildman–Crippen LogP) is 3.50. The lowest BCUT2D eigenvalue weighted by atomic mass is 9.79. The molecule has 0 saturated carbocycles. The summed E-state index contributed by atoms with van der Waals surface area (Å²) >= 11 is 1.99. The van der Waals surface area contributed by atoms with Crippen LogP contribution in [0.1, 0.15) is 59.1 Å². The zero-order chi connectivity index (χ0) is 21.4. The van der Waals surface area contributed by atoms with Crippen molar-refractivity contribution < 1.29 is 4.74 Å². The Hall–Kier alpha value is -2.16. The number of ether oxygens (including phenoxy) is 1. The maximum atomic E-state index is 6.47. The first-order chi connectivity index (χ1) is 15.0. The Morgan fingerprint density at radius 2 is 2.13 bits per heavy atom. The molecule has 2 aliphatic rings. The molecular weight excluding hydrogens is 408 g/mol. The SMILES string of the molecule is CCc1cc2c(s1)CCO[C@@]21CCN(Cc2cn(Cc3cnc(C)cn3)nn2)[C@@H](C)C1. The van der Waals surface area contributed by atoms with Gasteiger partial charge in [-0.2, -0.15) is 0 Å². The van der Waals surface area contributed by atoms with Crippen molar-refractivity contribution in [1.29, 1.82) is 0 Å². The molecule has 164 valence electrons. The monoisotopic (exact) mass is 438 g/mol. The van der Waals surface area contributed by atoms with Gasteiger partial charge >= 0.3 is 0 Å². The molecule has 7 nitrogen and oxygen atoms in total. The summed E-state index contributed by atoms with van der Waals surface area (Å²) in [7, 11) is 0. The smallest absolute Gasteiger partial charge is 0.0969 e. The molecule has 2 atom stereocenters. The maximum absolute atomic E-state index is 6.47. The summed E-state index contributed by atoms with van der Waals surface area (Å²) in [6.45, 7) is 9.76. The number of hydrogen-bond acceptors (Lipinski definition) is 7. The van der Waals surface area contributed by atoms with Gasteiger partial charge in [-0.1, -0.05) is 12.1 Å². The molecule has 0 radical (unpaired) electrons. The largest absolute Gasteiger partial charge is 0.370 e. The molecule has 1 fully saturated rings. The zero-order valence-corrected chi connectivity index (χ0v) is 19.4. The number of nitrogens with zero attached hydrogens (tertiary/aromatic N) is 6. The van der Waals surface area contributed by atoms with Crippen LogP contribution in [0.4, 0.5) is 0 Å². The van der Waals surface area contributed by atoms with E-state index >= 15 is 0 Å². The van der Waals surface area contributed by atoms with E-state index in [2.05, 4.69) is 45.1 Å². The second kappa shape index (κ2) is 8.41. The minimum absolute atomic E-state index is 0.102. The fourth-order valence-corrected chi connectivity index (χ4v) is 6.05. The molecule has 1 spiro atoms. The standard InChI is InChI=1S/C23H30N6OS/c1-4-20-9-21-22(31-20)5-8-30-23(21)6-7-28(17(3)10-23)13-19-15-29(27-26-19)14-18-12-24-16(2)11-25-18/h9,11-12,15,17H,4-8,10,13-14H2,1-3H3/t17-,23+/m0/s1. The average Bonchev–Trinajstić information content (AvgIpc) is 3.39. The Bertz CT molecular complexity index is 1040. The fraction of sp³-hybridized carbons (Fsp3) is 0.565. The van der Waals surface area contributed by atoms with Gasteiger partial charge in [0.2, 0.25) is 0 Å². The molecule has 0 amide bonds. The number of aryl methyl sites for hydroxylation is 2. The number of thiophene rings is 1. The first kappa shape index (κ1) is 20.7. The van der Waals surface area contributed by atoms with E-state index in [1.165, 1.54) is 10.4 Å². The van der Waals surface area contributed by atoms with Crippen molar-refractivity contribution in [3.05, 3.63) is 57.1 Å². The van der Waals surface area contributed by atoms with Crippen LogP contribution in [0, 0.1) is 6.92 Å². The minimum atomic E-state index is -0.102. The quantitative estimate of drug-likeness (QED) is 0.607. The summed E-state index contributed by atoms with van der Waals surface area (Å²) in [4.78, 5) is 14.3. The summed E-state index contributed by atoms with van der Waals surface area (Å²) in [6, 6.07) is 2.85. The summed E-state index contributed by atoms with van der Waals surface area (Å²) < 4.78 is 8.32. The lowest BCUT2D eigenvalue weighted by Gasteiger charge is -2.47. The Morgan fingerprint density at radius 3 is 2.90 bits per heavy atom. The van der Waals surface area contributed by atoms with Crippen LogP contribution < -0.4 is 0 Å². The van der Waals surface area contributed by atoms with Gasteiger partial charge in [0.05, 0.1) is 48.2 Å². The summed E-state index contributed by atoms with van der Waals surface area (Å²) in [5, 5.41) is 8.70. The van der Waals surface area contributed by atoms with Gasteiger partial charge < -0.3 is 4.74 Å². The van der Waals surface area contributed by atoms with Crippen LogP contribution in [0.2, 0.25) is 0 Å². The minimum Gasteiger partial charge on any atom is -0.370 e. The zero-order valence-electron chi connectivity index (χ0n) is 18.5. The summed E-state index contributed by atoms with van der Waals surface area (Å²) in [5.41, 5.74) is 4.18. The molecule has 31 heavy (non-hydrogen) atoms. The molecule has 0 aliphatic carbocycles. The summed E-state index contributed by atoms with van der Waals surface area (Å²) in [6.07, 6.45) is 9.86. The number of fused-ring (bicyclic) bond motifs is 2. The molecule has 5 rings (SSSR count). The third-order valence-corrected chi connectivity index (χ3v) is 7.91. The number of hydrogen-bond donors (Lipinski definition) is 0. The van der Waals surface area contributed by atoms with E-state index in [9.17, 15) is 0 Å². The molecule has 5 heterocycles. The van der Waals surface area contributed by atoms with Gasteiger partial charge in [0, 0.05) is 41.5 Å². The van der Waals surface area contributed by atoms with E-state index in [1.54, 1.807) is 17.3 Å². The highest BCUT2D eigenvalue weighted by molar-refractivity contribution is 7.12. The van der Waals surface area contributed by atoms with Gasteiger partial charge in [-0.3, -0.25) is 14.9 Å². The van der Waals surface area contributed by atoms with Crippen LogP contribution in [0.5, 0.6) is 0 Å². The lowest BCUT2D eigenvalue weighted by molar-refractivity contribution is -0.112.